The molecule has 3 aromatic rings. The molecule has 3 amide bonds. The van der Waals surface area contributed by atoms with Crippen molar-refractivity contribution in [2.24, 2.45) is 11.1 Å². The van der Waals surface area contributed by atoms with Crippen molar-refractivity contribution in [2.75, 3.05) is 13.1 Å². The molecule has 1 unspecified atom stereocenters. The minimum atomic E-state index is -4.50. The number of primary amides is 1. The summed E-state index contributed by atoms with van der Waals surface area (Å²) < 4.78 is 45.4. The van der Waals surface area contributed by atoms with Crippen LogP contribution in [0.5, 0.6) is 0 Å². The molecule has 0 saturated carbocycles. The maximum absolute atomic E-state index is 13.5. The average Bonchev–Trinajstić information content (AvgIpc) is 3.35. The largest absolute Gasteiger partial charge is 0.416 e. The second-order valence-corrected chi connectivity index (χ2v) is 11.4. The van der Waals surface area contributed by atoms with Crippen molar-refractivity contribution < 1.29 is 27.4 Å². The zero-order valence-electron chi connectivity index (χ0n) is 22.4. The lowest BCUT2D eigenvalue weighted by molar-refractivity contribution is -0.137. The number of allylic oxidation sites excluding steroid dienone is 2. The van der Waals surface area contributed by atoms with E-state index in [0.29, 0.717) is 40.7 Å². The monoisotopic (exact) mass is 553 g/mol. The highest BCUT2D eigenvalue weighted by atomic mass is 19.4. The number of carbonyl (C=O) groups is 2. The van der Waals surface area contributed by atoms with Gasteiger partial charge in [-0.25, -0.2) is 9.42 Å². The number of halogens is 3. The fourth-order valence-electron chi connectivity index (χ4n) is 5.55. The molecule has 0 fully saturated rings. The Morgan fingerprint density at radius 2 is 1.85 bits per heavy atom. The SMILES string of the molecule is CC(C)(C)NC(=O)N1CCC2=C(C1)C(Cc1ccc3nonc3c1)(C(N)=O)CC=C2c1cccc(C(F)(F)F)c1. The molecule has 0 saturated heterocycles. The van der Waals surface area contributed by atoms with Gasteiger partial charge in [0.25, 0.3) is 0 Å². The molecule has 2 aromatic carbocycles. The first-order chi connectivity index (χ1) is 18.8. The summed E-state index contributed by atoms with van der Waals surface area (Å²) in [6, 6.07) is 10.2. The Hall–Kier alpha value is -4.15. The Morgan fingerprint density at radius 1 is 1.10 bits per heavy atom. The predicted molar refractivity (Wildman–Crippen MR) is 143 cm³/mol. The summed E-state index contributed by atoms with van der Waals surface area (Å²) in [6.45, 7) is 6.07. The first-order valence-corrected chi connectivity index (χ1v) is 13.0. The predicted octanol–water partition coefficient (Wildman–Crippen LogP) is 5.25. The molecule has 11 heteroatoms. The first-order valence-electron chi connectivity index (χ1n) is 13.0. The molecule has 0 spiro atoms. The van der Waals surface area contributed by atoms with Gasteiger partial charge in [-0.2, -0.15) is 13.2 Å². The molecule has 210 valence electrons. The number of hydrogen-bond acceptors (Lipinski definition) is 5. The highest BCUT2D eigenvalue weighted by Gasteiger charge is 2.46. The van der Waals surface area contributed by atoms with Crippen LogP contribution in [0.25, 0.3) is 16.6 Å². The molecule has 3 N–H and O–H groups in total. The molecule has 0 bridgehead atoms. The van der Waals surface area contributed by atoms with Gasteiger partial charge in [0.2, 0.25) is 5.91 Å². The zero-order chi connectivity index (χ0) is 28.9. The number of aromatic nitrogens is 2. The molecule has 2 aliphatic rings. The molecule has 1 aliphatic heterocycles. The van der Waals surface area contributed by atoms with Crippen molar-refractivity contribution in [3.05, 3.63) is 76.4 Å². The summed E-state index contributed by atoms with van der Waals surface area (Å²) in [5, 5.41) is 10.7. The molecule has 1 aromatic heterocycles. The number of alkyl halides is 3. The van der Waals surface area contributed by atoms with E-state index in [1.54, 1.807) is 29.2 Å². The highest BCUT2D eigenvalue weighted by molar-refractivity contribution is 5.92. The van der Waals surface area contributed by atoms with Crippen molar-refractivity contribution in [1.82, 2.24) is 20.5 Å². The number of fused-ring (bicyclic) bond motifs is 1. The Balaban J connectivity index is 1.61. The molecular formula is C29H30F3N5O3. The van der Waals surface area contributed by atoms with Crippen LogP contribution < -0.4 is 11.1 Å². The van der Waals surface area contributed by atoms with Gasteiger partial charge in [0.05, 0.1) is 11.0 Å². The van der Waals surface area contributed by atoms with Gasteiger partial charge in [-0.05, 0) is 102 Å². The van der Waals surface area contributed by atoms with Crippen LogP contribution in [0.4, 0.5) is 18.0 Å². The van der Waals surface area contributed by atoms with E-state index < -0.39 is 28.6 Å². The lowest BCUT2D eigenvalue weighted by Crippen LogP contribution is -2.53. The lowest BCUT2D eigenvalue weighted by atomic mass is 9.64. The number of nitrogens with two attached hydrogens (primary N) is 1. The standard InChI is InChI=1S/C29H30F3N5O3/c1-27(2,3)34-26(39)37-12-10-21-20(18-5-4-6-19(14-18)29(30,31)32)9-11-28(25(33)38,22(21)16-37)15-17-7-8-23-24(13-17)36-40-35-23/h4-9,13-14H,10-12,15-16H2,1-3H3,(H2,33,38)(H,34,39). The third-order valence-electron chi connectivity index (χ3n) is 7.47. The molecule has 2 heterocycles. The van der Waals surface area contributed by atoms with Crippen molar-refractivity contribution in [3.63, 3.8) is 0 Å². The molecule has 1 aliphatic carbocycles. The van der Waals surface area contributed by atoms with Crippen LogP contribution in [0.1, 0.15) is 50.3 Å². The molecule has 40 heavy (non-hydrogen) atoms. The maximum atomic E-state index is 13.5. The normalized spacial score (nSPS) is 19.9. The van der Waals surface area contributed by atoms with Crippen LogP contribution >= 0.6 is 0 Å². The van der Waals surface area contributed by atoms with Crippen LogP contribution in [-0.4, -0.2) is 45.8 Å². The summed E-state index contributed by atoms with van der Waals surface area (Å²) in [5.41, 5.74) is 7.96. The van der Waals surface area contributed by atoms with Crippen LogP contribution in [0.15, 0.2) is 64.3 Å². The van der Waals surface area contributed by atoms with E-state index in [-0.39, 0.29) is 25.4 Å². The third kappa shape index (κ3) is 5.20. The van der Waals surface area contributed by atoms with Gasteiger partial charge in [0.1, 0.15) is 11.0 Å². The second kappa shape index (κ2) is 9.79. The number of hydrogen-bond donors (Lipinski definition) is 2. The van der Waals surface area contributed by atoms with Gasteiger partial charge in [0, 0.05) is 18.6 Å². The quantitative estimate of drug-likeness (QED) is 0.458. The molecule has 5 rings (SSSR count). The van der Waals surface area contributed by atoms with Crippen molar-refractivity contribution >= 4 is 28.5 Å². The number of nitrogens with zero attached hydrogens (tertiary/aromatic N) is 3. The van der Waals surface area contributed by atoms with E-state index in [1.165, 1.54) is 6.07 Å². The van der Waals surface area contributed by atoms with Crippen LogP contribution in [0.3, 0.4) is 0 Å². The van der Waals surface area contributed by atoms with E-state index in [1.807, 2.05) is 26.8 Å². The van der Waals surface area contributed by atoms with Gasteiger partial charge in [-0.1, -0.05) is 24.3 Å². The smallest absolute Gasteiger partial charge is 0.369 e. The summed E-state index contributed by atoms with van der Waals surface area (Å²) in [6.07, 6.45) is -1.96. The molecular weight excluding hydrogens is 523 g/mol. The summed E-state index contributed by atoms with van der Waals surface area (Å²) >= 11 is 0. The second-order valence-electron chi connectivity index (χ2n) is 11.4. The van der Waals surface area contributed by atoms with Crippen LogP contribution in [-0.2, 0) is 17.4 Å². The fraction of sp³-hybridized carbons (Fsp3) is 0.379. The first kappa shape index (κ1) is 27.4. The molecule has 8 nitrogen and oxygen atoms in total. The number of rotatable bonds is 4. The molecule has 0 radical (unpaired) electrons. The van der Waals surface area contributed by atoms with Gasteiger partial charge >= 0.3 is 12.2 Å². The van der Waals surface area contributed by atoms with E-state index in [9.17, 15) is 22.8 Å². The van der Waals surface area contributed by atoms with E-state index in [0.717, 1.165) is 23.3 Å². The Kier molecular flexibility index (Phi) is 6.71. The lowest BCUT2D eigenvalue weighted by Gasteiger charge is -2.44. The summed E-state index contributed by atoms with van der Waals surface area (Å²) in [5.74, 6) is -0.573. The minimum Gasteiger partial charge on any atom is -0.369 e. The van der Waals surface area contributed by atoms with Crippen molar-refractivity contribution in [1.29, 1.82) is 0 Å². The van der Waals surface area contributed by atoms with Crippen molar-refractivity contribution in [3.8, 4) is 0 Å². The fourth-order valence-corrected chi connectivity index (χ4v) is 5.55. The van der Waals surface area contributed by atoms with Gasteiger partial charge in [-0.3, -0.25) is 4.79 Å². The number of amides is 3. The van der Waals surface area contributed by atoms with E-state index >= 15 is 0 Å². The van der Waals surface area contributed by atoms with Crippen LogP contribution in [0, 0.1) is 5.41 Å². The Morgan fingerprint density at radius 3 is 2.55 bits per heavy atom. The summed E-state index contributed by atoms with van der Waals surface area (Å²) in [7, 11) is 0. The maximum Gasteiger partial charge on any atom is 0.416 e. The summed E-state index contributed by atoms with van der Waals surface area (Å²) in [4.78, 5) is 28.1. The van der Waals surface area contributed by atoms with Gasteiger partial charge in [-0.15, -0.1) is 0 Å². The van der Waals surface area contributed by atoms with Gasteiger partial charge in [0.15, 0.2) is 0 Å². The zero-order valence-corrected chi connectivity index (χ0v) is 22.4. The number of urea groups is 1. The van der Waals surface area contributed by atoms with E-state index in [2.05, 4.69) is 15.6 Å². The number of benzene rings is 2. The van der Waals surface area contributed by atoms with Crippen LogP contribution in [0.2, 0.25) is 0 Å². The van der Waals surface area contributed by atoms with E-state index in [4.69, 9.17) is 10.4 Å². The Bertz CT molecular complexity index is 1550. The topological polar surface area (TPSA) is 114 Å². The number of nitrogens with one attached hydrogen (secondary N) is 1. The van der Waals surface area contributed by atoms with Crippen molar-refractivity contribution in [2.45, 2.75) is 51.7 Å². The number of carbonyl (C=O) groups excluding carboxylic acids is 2. The molecule has 1 atom stereocenters. The third-order valence-corrected chi connectivity index (χ3v) is 7.47. The minimum absolute atomic E-state index is 0.115. The van der Waals surface area contributed by atoms with Gasteiger partial charge < -0.3 is 16.0 Å². The Labute approximate surface area is 229 Å². The highest BCUT2D eigenvalue weighted by Crippen LogP contribution is 2.49. The average molecular weight is 554 g/mol.